The number of non-ortho nitro benzene ring substituents is 1. The predicted octanol–water partition coefficient (Wildman–Crippen LogP) is 4.33. The lowest BCUT2D eigenvalue weighted by molar-refractivity contribution is -0.385. The molecule has 0 aliphatic rings. The highest BCUT2D eigenvalue weighted by atomic mass is 16.6. The summed E-state index contributed by atoms with van der Waals surface area (Å²) >= 11 is 0. The van der Waals surface area contributed by atoms with Gasteiger partial charge < -0.3 is 15.5 Å². The second kappa shape index (κ2) is 9.56. The number of benzene rings is 3. The Bertz CT molecular complexity index is 1220. The molecule has 0 spiro atoms. The zero-order valence-corrected chi connectivity index (χ0v) is 16.9. The number of nitro groups is 2. The number of aromatic carboxylic acids is 1. The van der Waals surface area contributed by atoms with Crippen LogP contribution < -0.4 is 5.32 Å². The molecule has 0 aliphatic carbocycles. The first-order valence-electron chi connectivity index (χ1n) is 9.50. The third-order valence-electron chi connectivity index (χ3n) is 4.86. The van der Waals surface area contributed by atoms with Crippen molar-refractivity contribution in [3.05, 3.63) is 104 Å². The quantitative estimate of drug-likeness (QED) is 0.243. The number of hydrogen-bond donors (Lipinski definition) is 3. The molecule has 3 N–H and O–H groups in total. The van der Waals surface area contributed by atoms with Gasteiger partial charge in [0.15, 0.2) is 11.5 Å². The van der Waals surface area contributed by atoms with E-state index in [-0.39, 0.29) is 23.2 Å². The number of nitro benzene ring substituents is 2. The number of phenolic OH excluding ortho intramolecular Hbond substituents is 1. The Labute approximate surface area is 186 Å². The minimum absolute atomic E-state index is 0.00874. The van der Waals surface area contributed by atoms with Crippen molar-refractivity contribution in [2.24, 2.45) is 0 Å². The Kier molecular flexibility index (Phi) is 6.63. The number of carbonyl (C=O) groups is 2. The van der Waals surface area contributed by atoms with Crippen LogP contribution in [-0.2, 0) is 0 Å². The fourth-order valence-corrected chi connectivity index (χ4v) is 3.14. The van der Waals surface area contributed by atoms with Crippen LogP contribution in [0.25, 0.3) is 0 Å². The number of rotatable bonds is 9. The van der Waals surface area contributed by atoms with Gasteiger partial charge in [0.05, 0.1) is 21.5 Å². The average molecular weight is 451 g/mol. The van der Waals surface area contributed by atoms with E-state index in [1.54, 1.807) is 0 Å². The van der Waals surface area contributed by atoms with Crippen LogP contribution in [-0.4, -0.2) is 31.8 Å². The highest BCUT2D eigenvalue weighted by Crippen LogP contribution is 2.30. The molecule has 0 saturated carbocycles. The second-order valence-corrected chi connectivity index (χ2v) is 7.02. The van der Waals surface area contributed by atoms with Gasteiger partial charge in [-0.3, -0.25) is 25.0 Å². The number of phenols is 1. The van der Waals surface area contributed by atoms with Crippen LogP contribution in [0.2, 0.25) is 0 Å². The van der Waals surface area contributed by atoms with Crippen molar-refractivity contribution in [2.75, 3.05) is 5.32 Å². The molecule has 1 unspecified atom stereocenters. The predicted molar refractivity (Wildman–Crippen MR) is 117 cm³/mol. The summed E-state index contributed by atoms with van der Waals surface area (Å²) in [7, 11) is 0. The molecule has 3 aromatic rings. The van der Waals surface area contributed by atoms with Crippen LogP contribution >= 0.6 is 0 Å². The maximum atomic E-state index is 12.9. The van der Waals surface area contributed by atoms with Crippen LogP contribution in [0.1, 0.15) is 38.7 Å². The summed E-state index contributed by atoms with van der Waals surface area (Å²) in [5.41, 5.74) is 0.362. The molecule has 11 nitrogen and oxygen atoms in total. The molecule has 0 radical (unpaired) electrons. The highest BCUT2D eigenvalue weighted by Gasteiger charge is 2.22. The molecule has 0 amide bonds. The van der Waals surface area contributed by atoms with E-state index in [1.165, 1.54) is 54.6 Å². The van der Waals surface area contributed by atoms with Crippen LogP contribution in [0.3, 0.4) is 0 Å². The third-order valence-corrected chi connectivity index (χ3v) is 4.86. The van der Waals surface area contributed by atoms with Crippen LogP contribution in [0.4, 0.5) is 17.1 Å². The largest absolute Gasteiger partial charge is 0.502 e. The van der Waals surface area contributed by atoms with Crippen molar-refractivity contribution < 1.29 is 29.6 Å². The summed E-state index contributed by atoms with van der Waals surface area (Å²) in [4.78, 5) is 44.6. The fourth-order valence-electron chi connectivity index (χ4n) is 3.14. The fraction of sp³-hybridized carbons (Fsp3) is 0.0909. The monoisotopic (exact) mass is 451 g/mol. The van der Waals surface area contributed by atoms with Crippen LogP contribution in [0.15, 0.2) is 66.7 Å². The smallest absolute Gasteiger partial charge is 0.335 e. The van der Waals surface area contributed by atoms with Gasteiger partial charge in [0.25, 0.3) is 5.69 Å². The number of carbonyl (C=O) groups excluding carboxylic acids is 1. The molecule has 0 fully saturated rings. The Morgan fingerprint density at radius 3 is 2.03 bits per heavy atom. The first kappa shape index (κ1) is 22.9. The lowest BCUT2D eigenvalue weighted by Crippen LogP contribution is -2.16. The molecule has 11 heteroatoms. The molecule has 1 atom stereocenters. The van der Waals surface area contributed by atoms with Crippen LogP contribution in [0, 0.1) is 20.2 Å². The van der Waals surface area contributed by atoms with Crippen molar-refractivity contribution >= 4 is 28.8 Å². The molecule has 0 saturated heterocycles. The van der Waals surface area contributed by atoms with Crippen molar-refractivity contribution in [1.29, 1.82) is 0 Å². The Balaban J connectivity index is 1.91. The Hall–Kier alpha value is -4.80. The molecule has 168 valence electrons. The van der Waals surface area contributed by atoms with Gasteiger partial charge in [0.2, 0.25) is 0 Å². The standard InChI is InChI=1S/C22H17N3O8/c26-20-10-5-15(11-19(20)25(32)33)21(27)12-18(13-3-8-17(9-4-13)24(30)31)23-16-6-1-14(2-7-16)22(28)29/h1-11,18,23,26H,12H2,(H,28,29). The zero-order chi connectivity index (χ0) is 24.1. The molecule has 0 heterocycles. The van der Waals surface area contributed by atoms with E-state index in [0.717, 1.165) is 12.1 Å². The van der Waals surface area contributed by atoms with Crippen molar-refractivity contribution in [2.45, 2.75) is 12.5 Å². The molecule has 0 aliphatic heterocycles. The number of nitrogens with zero attached hydrogens (tertiary/aromatic N) is 2. The summed E-state index contributed by atoms with van der Waals surface area (Å²) in [6, 6.07) is 13.9. The number of carboxylic acids is 1. The van der Waals surface area contributed by atoms with Crippen molar-refractivity contribution in [3.63, 3.8) is 0 Å². The molecule has 3 rings (SSSR count). The van der Waals surface area contributed by atoms with E-state index in [2.05, 4.69) is 5.32 Å². The first-order valence-corrected chi connectivity index (χ1v) is 9.50. The minimum Gasteiger partial charge on any atom is -0.502 e. The SMILES string of the molecule is O=C(O)c1ccc(NC(CC(=O)c2ccc(O)c([N+](=O)[O-])c2)c2ccc([N+](=O)[O-])cc2)cc1. The number of nitrogens with one attached hydrogen (secondary N) is 1. The van der Waals surface area contributed by atoms with Gasteiger partial charge in [-0.2, -0.15) is 0 Å². The van der Waals surface area contributed by atoms with E-state index in [9.17, 15) is 34.9 Å². The van der Waals surface area contributed by atoms with Gasteiger partial charge in [-0.15, -0.1) is 0 Å². The molecular formula is C22H17N3O8. The van der Waals surface area contributed by atoms with E-state index < -0.39 is 39.1 Å². The summed E-state index contributed by atoms with van der Waals surface area (Å²) < 4.78 is 0. The molecule has 0 aromatic heterocycles. The lowest BCUT2D eigenvalue weighted by atomic mass is 9.97. The summed E-state index contributed by atoms with van der Waals surface area (Å²) in [6.45, 7) is 0. The van der Waals surface area contributed by atoms with E-state index in [1.807, 2.05) is 0 Å². The Morgan fingerprint density at radius 1 is 0.879 bits per heavy atom. The van der Waals surface area contributed by atoms with E-state index in [4.69, 9.17) is 5.11 Å². The van der Waals surface area contributed by atoms with Gasteiger partial charge >= 0.3 is 11.7 Å². The maximum absolute atomic E-state index is 12.9. The van der Waals surface area contributed by atoms with Gasteiger partial charge in [-0.1, -0.05) is 12.1 Å². The minimum atomic E-state index is -1.10. The number of aromatic hydroxyl groups is 1. The van der Waals surface area contributed by atoms with Crippen molar-refractivity contribution in [3.8, 4) is 5.75 Å². The summed E-state index contributed by atoms with van der Waals surface area (Å²) in [5.74, 6) is -2.14. The molecular weight excluding hydrogens is 434 g/mol. The Morgan fingerprint density at radius 2 is 1.48 bits per heavy atom. The lowest BCUT2D eigenvalue weighted by Gasteiger charge is -2.20. The van der Waals surface area contributed by atoms with Gasteiger partial charge in [-0.25, -0.2) is 4.79 Å². The third kappa shape index (κ3) is 5.47. The number of Topliss-reactive ketones (excluding diaryl/α,β-unsaturated/α-hetero) is 1. The molecule has 3 aromatic carbocycles. The topological polar surface area (TPSA) is 173 Å². The van der Waals surface area contributed by atoms with Gasteiger partial charge in [0.1, 0.15) is 0 Å². The maximum Gasteiger partial charge on any atom is 0.335 e. The highest BCUT2D eigenvalue weighted by molar-refractivity contribution is 5.97. The molecule has 33 heavy (non-hydrogen) atoms. The summed E-state index contributed by atoms with van der Waals surface area (Å²) in [5, 5.41) is 43.8. The van der Waals surface area contributed by atoms with Gasteiger partial charge in [0, 0.05) is 35.9 Å². The van der Waals surface area contributed by atoms with Crippen molar-refractivity contribution in [1.82, 2.24) is 0 Å². The first-order chi connectivity index (χ1) is 15.7. The normalized spacial score (nSPS) is 11.4. The second-order valence-electron chi connectivity index (χ2n) is 7.02. The van der Waals surface area contributed by atoms with E-state index in [0.29, 0.717) is 11.3 Å². The van der Waals surface area contributed by atoms with Gasteiger partial charge in [-0.05, 0) is 42.0 Å². The zero-order valence-electron chi connectivity index (χ0n) is 16.9. The number of ketones is 1. The molecule has 0 bridgehead atoms. The number of carboxylic acid groups (broad SMARTS) is 1. The number of anilines is 1. The average Bonchev–Trinajstić information content (AvgIpc) is 2.79. The summed E-state index contributed by atoms with van der Waals surface area (Å²) in [6.07, 6.45) is -0.180. The van der Waals surface area contributed by atoms with Crippen LogP contribution in [0.5, 0.6) is 5.75 Å². The number of hydrogen-bond acceptors (Lipinski definition) is 8. The van der Waals surface area contributed by atoms with E-state index >= 15 is 0 Å².